The fourth-order valence-corrected chi connectivity index (χ4v) is 10.7. The van der Waals surface area contributed by atoms with E-state index in [0.29, 0.717) is 17.5 Å². The Morgan fingerprint density at radius 1 is 0.351 bits per heavy atom. The van der Waals surface area contributed by atoms with E-state index in [1.54, 1.807) is 0 Å². The van der Waals surface area contributed by atoms with Crippen molar-refractivity contribution in [1.29, 1.82) is 0 Å². The Morgan fingerprint density at radius 2 is 0.965 bits per heavy atom. The number of furan rings is 1. The topological polar surface area (TPSA) is 51.8 Å². The molecule has 57 heavy (non-hydrogen) atoms. The molecule has 0 amide bonds. The molecule has 4 heterocycles. The molecule has 12 rings (SSSR count). The highest BCUT2D eigenvalue weighted by Gasteiger charge is 2.20. The fraction of sp³-hybridized carbons (Fsp3) is 0. The number of hydrogen-bond donors (Lipinski definition) is 0. The lowest BCUT2D eigenvalue weighted by atomic mass is 9.93. The van der Waals surface area contributed by atoms with Crippen molar-refractivity contribution < 1.29 is 4.42 Å². The molecule has 0 aliphatic carbocycles. The van der Waals surface area contributed by atoms with Crippen LogP contribution in [0.5, 0.6) is 0 Å². The van der Waals surface area contributed by atoms with E-state index in [2.05, 4.69) is 109 Å². The van der Waals surface area contributed by atoms with Crippen molar-refractivity contribution in [3.8, 4) is 56.4 Å². The molecule has 0 saturated heterocycles. The molecule has 266 valence electrons. The molecule has 12 aromatic rings. The number of nitrogens with zero attached hydrogens (tertiary/aromatic N) is 3. The lowest BCUT2D eigenvalue weighted by Crippen LogP contribution is -2.00. The summed E-state index contributed by atoms with van der Waals surface area (Å²) < 4.78 is 11.9. The second kappa shape index (κ2) is 12.8. The van der Waals surface area contributed by atoms with Crippen LogP contribution in [0.1, 0.15) is 0 Å². The van der Waals surface area contributed by atoms with Gasteiger partial charge in [-0.05, 0) is 59.2 Å². The van der Waals surface area contributed by atoms with Gasteiger partial charge in [-0.3, -0.25) is 0 Å². The first-order valence-corrected chi connectivity index (χ1v) is 20.6. The molecule has 8 aromatic carbocycles. The van der Waals surface area contributed by atoms with E-state index >= 15 is 0 Å². The molecule has 0 atom stereocenters. The predicted octanol–water partition coefficient (Wildman–Crippen LogP) is 14.8. The van der Waals surface area contributed by atoms with E-state index in [0.717, 1.165) is 44.2 Å². The highest BCUT2D eigenvalue weighted by molar-refractivity contribution is 7.26. The van der Waals surface area contributed by atoms with Crippen LogP contribution in [0.25, 0.3) is 119 Å². The van der Waals surface area contributed by atoms with E-state index in [9.17, 15) is 0 Å². The molecule has 4 nitrogen and oxygen atoms in total. The maximum absolute atomic E-state index is 6.70. The highest BCUT2D eigenvalue weighted by atomic mass is 32.1. The molecule has 6 heteroatoms. The molecule has 0 N–H and O–H groups in total. The van der Waals surface area contributed by atoms with Crippen LogP contribution in [0, 0.1) is 0 Å². The largest absolute Gasteiger partial charge is 0.455 e. The third-order valence-corrected chi connectivity index (χ3v) is 13.3. The minimum atomic E-state index is 0.572. The maximum atomic E-state index is 6.70. The van der Waals surface area contributed by atoms with Gasteiger partial charge in [-0.25, -0.2) is 15.0 Å². The quantitative estimate of drug-likeness (QED) is 0.175. The zero-order chi connectivity index (χ0) is 37.5. The molecular weight excluding hydrogens is 735 g/mol. The van der Waals surface area contributed by atoms with Gasteiger partial charge in [0, 0.05) is 67.8 Å². The molecule has 0 aliphatic heterocycles. The van der Waals surface area contributed by atoms with E-state index in [1.807, 2.05) is 89.4 Å². The summed E-state index contributed by atoms with van der Waals surface area (Å²) >= 11 is 3.74. The normalized spacial score (nSPS) is 11.9. The number of benzene rings is 8. The summed E-state index contributed by atoms with van der Waals surface area (Å²) in [4.78, 5) is 15.0. The molecule has 0 saturated carbocycles. The SMILES string of the molecule is c1ccc(-c2nc(-c3ccccc3)nc(-c3cccc4c3oc3ccc(-c5cc(-c6cccc7c6sc6ccccc67)c6c(c5)sc5ccccc56)cc34)n2)cc1. The lowest BCUT2D eigenvalue weighted by molar-refractivity contribution is 0.669. The van der Waals surface area contributed by atoms with E-state index in [4.69, 9.17) is 19.4 Å². The van der Waals surface area contributed by atoms with Crippen molar-refractivity contribution in [1.82, 2.24) is 15.0 Å². The fourth-order valence-electron chi connectivity index (χ4n) is 8.28. The van der Waals surface area contributed by atoms with Crippen molar-refractivity contribution >= 4 is 85.0 Å². The summed E-state index contributed by atoms with van der Waals surface area (Å²) in [5, 5.41) is 7.29. The predicted molar refractivity (Wildman–Crippen MR) is 240 cm³/mol. The maximum Gasteiger partial charge on any atom is 0.167 e. The molecular formula is C51H29N3OS2. The van der Waals surface area contributed by atoms with Crippen LogP contribution in [-0.2, 0) is 0 Å². The van der Waals surface area contributed by atoms with Crippen molar-refractivity contribution in [3.05, 3.63) is 176 Å². The smallest absolute Gasteiger partial charge is 0.167 e. The molecule has 0 aliphatic rings. The van der Waals surface area contributed by atoms with Gasteiger partial charge in [0.15, 0.2) is 17.5 Å². The van der Waals surface area contributed by atoms with E-state index in [-0.39, 0.29) is 0 Å². The van der Waals surface area contributed by atoms with E-state index < -0.39 is 0 Å². The molecule has 4 aromatic heterocycles. The minimum Gasteiger partial charge on any atom is -0.455 e. The van der Waals surface area contributed by atoms with Crippen LogP contribution >= 0.6 is 22.7 Å². The van der Waals surface area contributed by atoms with Crippen LogP contribution in [0.15, 0.2) is 180 Å². The summed E-state index contributed by atoms with van der Waals surface area (Å²) in [6, 6.07) is 62.0. The first kappa shape index (κ1) is 32.3. The monoisotopic (exact) mass is 763 g/mol. The van der Waals surface area contributed by atoms with Gasteiger partial charge in [0.25, 0.3) is 0 Å². The summed E-state index contributed by atoms with van der Waals surface area (Å²) in [5.41, 5.74) is 9.10. The van der Waals surface area contributed by atoms with Gasteiger partial charge in [-0.2, -0.15) is 0 Å². The minimum absolute atomic E-state index is 0.572. The first-order chi connectivity index (χ1) is 28.2. The molecule has 0 spiro atoms. The zero-order valence-electron chi connectivity index (χ0n) is 30.3. The van der Waals surface area contributed by atoms with Gasteiger partial charge in [-0.1, -0.05) is 133 Å². The molecule has 0 unspecified atom stereocenters. The Bertz CT molecular complexity index is 3470. The second-order valence-electron chi connectivity index (χ2n) is 14.3. The average molecular weight is 764 g/mol. The number of thiophene rings is 2. The van der Waals surface area contributed by atoms with Crippen molar-refractivity contribution in [3.63, 3.8) is 0 Å². The van der Waals surface area contributed by atoms with E-state index in [1.165, 1.54) is 57.0 Å². The number of aromatic nitrogens is 3. The van der Waals surface area contributed by atoms with Gasteiger partial charge >= 0.3 is 0 Å². The Balaban J connectivity index is 1.05. The number of fused-ring (bicyclic) bond motifs is 9. The van der Waals surface area contributed by atoms with Crippen LogP contribution in [0.2, 0.25) is 0 Å². The molecule has 0 radical (unpaired) electrons. The van der Waals surface area contributed by atoms with Crippen LogP contribution in [-0.4, -0.2) is 15.0 Å². The van der Waals surface area contributed by atoms with Gasteiger partial charge in [0.2, 0.25) is 0 Å². The van der Waals surface area contributed by atoms with Crippen LogP contribution in [0.4, 0.5) is 0 Å². The summed E-state index contributed by atoms with van der Waals surface area (Å²) in [7, 11) is 0. The Kier molecular flexibility index (Phi) is 7.24. The second-order valence-corrected chi connectivity index (χ2v) is 16.4. The third-order valence-electron chi connectivity index (χ3n) is 10.9. The Labute approximate surface area is 335 Å². The zero-order valence-corrected chi connectivity index (χ0v) is 31.9. The summed E-state index contributed by atoms with van der Waals surface area (Å²) in [5.74, 6) is 1.81. The standard InChI is InChI=1S/C51H29N3OS2/c1-3-13-30(14-4-1)49-52-50(31-15-5-2-6-16-31)54-51(53-49)39-22-11-19-35-40-27-32(25-26-42(40)55-47(35)39)33-28-41(46-38-18-8-10-24-44(38)56-45(46)29-33)37-21-12-20-36-34-17-7-9-23-43(34)57-48(36)37/h1-29H. The molecule has 0 bridgehead atoms. The third kappa shape index (κ3) is 5.22. The Morgan fingerprint density at radius 3 is 1.72 bits per heavy atom. The number of rotatable bonds is 5. The van der Waals surface area contributed by atoms with Crippen LogP contribution < -0.4 is 0 Å². The summed E-state index contributed by atoms with van der Waals surface area (Å²) in [6.07, 6.45) is 0. The number of hydrogen-bond acceptors (Lipinski definition) is 6. The lowest BCUT2D eigenvalue weighted by Gasteiger charge is -2.11. The van der Waals surface area contributed by atoms with Gasteiger partial charge in [-0.15, -0.1) is 22.7 Å². The van der Waals surface area contributed by atoms with Crippen molar-refractivity contribution in [2.45, 2.75) is 0 Å². The van der Waals surface area contributed by atoms with Gasteiger partial charge in [0.1, 0.15) is 11.2 Å². The van der Waals surface area contributed by atoms with Gasteiger partial charge < -0.3 is 4.42 Å². The van der Waals surface area contributed by atoms with Crippen molar-refractivity contribution in [2.75, 3.05) is 0 Å². The summed E-state index contributed by atoms with van der Waals surface area (Å²) in [6.45, 7) is 0. The first-order valence-electron chi connectivity index (χ1n) is 18.9. The van der Waals surface area contributed by atoms with Crippen LogP contribution in [0.3, 0.4) is 0 Å². The Hall–Kier alpha value is -6.99. The average Bonchev–Trinajstić information content (AvgIpc) is 3.97. The van der Waals surface area contributed by atoms with Gasteiger partial charge in [0.05, 0.1) is 5.56 Å². The molecule has 0 fully saturated rings. The highest BCUT2D eigenvalue weighted by Crippen LogP contribution is 2.47. The number of para-hydroxylation sites is 1. The van der Waals surface area contributed by atoms with Crippen molar-refractivity contribution in [2.24, 2.45) is 0 Å².